The third-order valence-corrected chi connectivity index (χ3v) is 5.89. The molecule has 0 aliphatic heterocycles. The molecule has 2 N–H and O–H groups in total. The van der Waals surface area contributed by atoms with Crippen molar-refractivity contribution in [3.05, 3.63) is 99.1 Å². The molecule has 0 fully saturated rings. The second kappa shape index (κ2) is 15.1. The van der Waals surface area contributed by atoms with Gasteiger partial charge in [0.15, 0.2) is 0 Å². The third-order valence-electron chi connectivity index (χ3n) is 5.89. The fraction of sp³-hybridized carbons (Fsp3) is 0.333. The second-order valence-corrected chi connectivity index (χ2v) is 9.02. The van der Waals surface area contributed by atoms with E-state index in [2.05, 4.69) is 24.5 Å². The van der Waals surface area contributed by atoms with E-state index in [-0.39, 0.29) is 43.1 Å². The van der Waals surface area contributed by atoms with Gasteiger partial charge in [-0.25, -0.2) is 0 Å². The van der Waals surface area contributed by atoms with E-state index in [4.69, 9.17) is 9.47 Å². The predicted molar refractivity (Wildman–Crippen MR) is 150 cm³/mol. The molecule has 0 atom stereocenters. The van der Waals surface area contributed by atoms with Crippen LogP contribution in [0.15, 0.2) is 66.7 Å². The van der Waals surface area contributed by atoms with Crippen molar-refractivity contribution in [2.24, 2.45) is 0 Å². The number of amides is 2. The molecule has 0 saturated carbocycles. The molecule has 2 amide bonds. The minimum absolute atomic E-state index is 0.0155. The molecule has 0 saturated heterocycles. The van der Waals surface area contributed by atoms with Crippen LogP contribution in [0.5, 0.6) is 11.5 Å². The Balaban J connectivity index is 1.50. The standard InChI is InChI=1S/C30H35N3O6/c1-3-5-22-7-11-27(12-8-22)38-17-15-31-29(34)24-19-25(21-26(20-24)33(36)37)30(35)32-16-18-39-28-13-9-23(6-4-2)10-14-28/h7-14,19-21H,3-6,15-18H2,1-2H3,(H,31,34)(H,32,35). The van der Waals surface area contributed by atoms with Crippen LogP contribution in [0.3, 0.4) is 0 Å². The molecule has 0 unspecified atom stereocenters. The molecule has 0 bridgehead atoms. The van der Waals surface area contributed by atoms with Gasteiger partial charge in [0.05, 0.1) is 18.0 Å². The van der Waals surface area contributed by atoms with Crippen molar-refractivity contribution in [1.29, 1.82) is 0 Å². The first-order valence-electron chi connectivity index (χ1n) is 13.2. The molecule has 3 aromatic carbocycles. The molecule has 206 valence electrons. The molecule has 3 rings (SSSR count). The van der Waals surface area contributed by atoms with Gasteiger partial charge in [-0.15, -0.1) is 0 Å². The van der Waals surface area contributed by atoms with Crippen molar-refractivity contribution in [2.45, 2.75) is 39.5 Å². The van der Waals surface area contributed by atoms with Crippen LogP contribution in [0.4, 0.5) is 5.69 Å². The van der Waals surface area contributed by atoms with E-state index in [1.807, 2.05) is 48.5 Å². The van der Waals surface area contributed by atoms with E-state index in [1.165, 1.54) is 17.2 Å². The third kappa shape index (κ3) is 9.45. The van der Waals surface area contributed by atoms with E-state index in [9.17, 15) is 19.7 Å². The summed E-state index contributed by atoms with van der Waals surface area (Å²) in [4.78, 5) is 36.1. The summed E-state index contributed by atoms with van der Waals surface area (Å²) in [5.41, 5.74) is 2.14. The zero-order valence-electron chi connectivity index (χ0n) is 22.4. The van der Waals surface area contributed by atoms with Gasteiger partial charge >= 0.3 is 0 Å². The first-order valence-corrected chi connectivity index (χ1v) is 13.2. The van der Waals surface area contributed by atoms with Crippen LogP contribution in [0.1, 0.15) is 58.5 Å². The first-order chi connectivity index (χ1) is 18.9. The minimum atomic E-state index is -0.635. The molecule has 9 heteroatoms. The Morgan fingerprint density at radius 1 is 0.718 bits per heavy atom. The van der Waals surface area contributed by atoms with Crippen molar-refractivity contribution in [2.75, 3.05) is 26.3 Å². The summed E-state index contributed by atoms with van der Waals surface area (Å²) in [5.74, 6) is 0.306. The maximum atomic E-state index is 12.7. The normalized spacial score (nSPS) is 10.5. The summed E-state index contributed by atoms with van der Waals surface area (Å²) < 4.78 is 11.3. The van der Waals surface area contributed by atoms with Crippen molar-refractivity contribution >= 4 is 17.5 Å². The largest absolute Gasteiger partial charge is 0.492 e. The lowest BCUT2D eigenvalue weighted by molar-refractivity contribution is -0.384. The lowest BCUT2D eigenvalue weighted by Gasteiger charge is -2.10. The van der Waals surface area contributed by atoms with Gasteiger partial charge in [-0.3, -0.25) is 19.7 Å². The Hall–Kier alpha value is -4.40. The minimum Gasteiger partial charge on any atom is -0.492 e. The first kappa shape index (κ1) is 29.2. The maximum Gasteiger partial charge on any atom is 0.271 e. The van der Waals surface area contributed by atoms with Crippen LogP contribution < -0.4 is 20.1 Å². The molecule has 39 heavy (non-hydrogen) atoms. The second-order valence-electron chi connectivity index (χ2n) is 9.02. The summed E-state index contributed by atoms with van der Waals surface area (Å²) in [6, 6.07) is 19.2. The number of benzene rings is 3. The van der Waals surface area contributed by atoms with E-state index in [0.717, 1.165) is 37.8 Å². The molecular formula is C30H35N3O6. The van der Waals surface area contributed by atoms with Crippen LogP contribution in [0.25, 0.3) is 0 Å². The lowest BCUT2D eigenvalue weighted by atomic mass is 10.1. The summed E-state index contributed by atoms with van der Waals surface area (Å²) in [6.07, 6.45) is 4.13. The van der Waals surface area contributed by atoms with Gasteiger partial charge in [-0.05, 0) is 54.3 Å². The summed E-state index contributed by atoms with van der Waals surface area (Å²) in [6.45, 7) is 5.07. The van der Waals surface area contributed by atoms with E-state index < -0.39 is 16.7 Å². The van der Waals surface area contributed by atoms with Crippen molar-refractivity contribution in [3.8, 4) is 11.5 Å². The Morgan fingerprint density at radius 2 is 1.13 bits per heavy atom. The number of hydrogen-bond donors (Lipinski definition) is 2. The fourth-order valence-electron chi connectivity index (χ4n) is 3.93. The van der Waals surface area contributed by atoms with Crippen molar-refractivity contribution < 1.29 is 24.0 Å². The van der Waals surface area contributed by atoms with Gasteiger partial charge in [0.25, 0.3) is 17.5 Å². The van der Waals surface area contributed by atoms with Crippen molar-refractivity contribution in [3.63, 3.8) is 0 Å². The Bertz CT molecular complexity index is 1150. The number of carbonyl (C=O) groups excluding carboxylic acids is 2. The highest BCUT2D eigenvalue weighted by molar-refractivity contribution is 6.00. The zero-order chi connectivity index (χ0) is 28.0. The van der Waals surface area contributed by atoms with Crippen LogP contribution in [0, 0.1) is 10.1 Å². The average molecular weight is 534 g/mol. The molecular weight excluding hydrogens is 498 g/mol. The summed E-state index contributed by atoms with van der Waals surface area (Å²) >= 11 is 0. The average Bonchev–Trinajstić information content (AvgIpc) is 2.95. The molecule has 0 aliphatic carbocycles. The SMILES string of the molecule is CCCc1ccc(OCCNC(=O)c2cc(C(=O)NCCOc3ccc(CCC)cc3)cc([N+](=O)[O-])c2)cc1. The quantitative estimate of drug-likeness (QED) is 0.159. The Morgan fingerprint density at radius 3 is 1.49 bits per heavy atom. The van der Waals surface area contributed by atoms with E-state index >= 15 is 0 Å². The number of non-ortho nitro benzene ring substituents is 1. The van der Waals surface area contributed by atoms with Gasteiger partial charge in [0.1, 0.15) is 24.7 Å². The van der Waals surface area contributed by atoms with Crippen LogP contribution in [-0.2, 0) is 12.8 Å². The van der Waals surface area contributed by atoms with Gasteiger partial charge < -0.3 is 20.1 Å². The maximum absolute atomic E-state index is 12.7. The molecule has 9 nitrogen and oxygen atoms in total. The topological polar surface area (TPSA) is 120 Å². The van der Waals surface area contributed by atoms with Gasteiger partial charge in [-0.2, -0.15) is 0 Å². The Kier molecular flexibility index (Phi) is 11.3. The number of nitro groups is 1. The lowest BCUT2D eigenvalue weighted by Crippen LogP contribution is -2.30. The number of carbonyl (C=O) groups is 2. The molecule has 3 aromatic rings. The molecule has 0 aromatic heterocycles. The zero-order valence-corrected chi connectivity index (χ0v) is 22.4. The van der Waals surface area contributed by atoms with E-state index in [0.29, 0.717) is 11.5 Å². The molecule has 0 radical (unpaired) electrons. The van der Waals surface area contributed by atoms with Gasteiger partial charge in [0.2, 0.25) is 0 Å². The molecule has 0 aliphatic rings. The van der Waals surface area contributed by atoms with Crippen molar-refractivity contribution in [1.82, 2.24) is 10.6 Å². The van der Waals surface area contributed by atoms with Crippen LogP contribution >= 0.6 is 0 Å². The number of ether oxygens (including phenoxy) is 2. The Labute approximate surface area is 228 Å². The fourth-order valence-corrected chi connectivity index (χ4v) is 3.93. The number of rotatable bonds is 15. The van der Waals surface area contributed by atoms with Gasteiger partial charge in [0, 0.05) is 23.3 Å². The molecule has 0 spiro atoms. The number of hydrogen-bond acceptors (Lipinski definition) is 6. The van der Waals surface area contributed by atoms with Crippen LogP contribution in [-0.4, -0.2) is 43.0 Å². The predicted octanol–water partition coefficient (Wildman–Crippen LogP) is 5.12. The molecule has 0 heterocycles. The highest BCUT2D eigenvalue weighted by Crippen LogP contribution is 2.18. The summed E-state index contributed by atoms with van der Waals surface area (Å²) in [7, 11) is 0. The monoisotopic (exact) mass is 533 g/mol. The van der Waals surface area contributed by atoms with Gasteiger partial charge in [-0.1, -0.05) is 51.0 Å². The van der Waals surface area contributed by atoms with E-state index in [1.54, 1.807) is 0 Å². The highest BCUT2D eigenvalue weighted by atomic mass is 16.6. The number of nitrogens with zero attached hydrogens (tertiary/aromatic N) is 1. The van der Waals surface area contributed by atoms with Crippen LogP contribution in [0.2, 0.25) is 0 Å². The number of nitro benzene ring substituents is 1. The number of nitrogens with one attached hydrogen (secondary N) is 2. The highest BCUT2D eigenvalue weighted by Gasteiger charge is 2.18. The summed E-state index contributed by atoms with van der Waals surface area (Å²) in [5, 5.41) is 16.8. The smallest absolute Gasteiger partial charge is 0.271 e. The number of aryl methyl sites for hydroxylation is 2.